The number of hydrogen-bond donors (Lipinski definition) is 2. The number of rotatable bonds is 3. The number of aliphatic hydroxyl groups is 1. The fourth-order valence-corrected chi connectivity index (χ4v) is 2.12. The standard InChI is InChI=1S/C10H19NO/c12-10(7-8-1-2-8)9-3-5-11-6-4-9/h8-12H,1-7H2/t10-/m1/s1. The van der Waals surface area contributed by atoms with E-state index >= 15 is 0 Å². The predicted octanol–water partition coefficient (Wildman–Crippen LogP) is 1.15. The molecule has 12 heavy (non-hydrogen) atoms. The molecule has 0 aromatic heterocycles. The molecule has 2 N–H and O–H groups in total. The van der Waals surface area contributed by atoms with Crippen LogP contribution in [0.5, 0.6) is 0 Å². The molecule has 2 aliphatic rings. The van der Waals surface area contributed by atoms with Gasteiger partial charge in [-0.2, -0.15) is 0 Å². The third-order valence-electron chi connectivity index (χ3n) is 3.20. The first-order chi connectivity index (χ1) is 5.86. The fourth-order valence-electron chi connectivity index (χ4n) is 2.12. The van der Waals surface area contributed by atoms with Crippen LogP contribution in [-0.2, 0) is 0 Å². The summed E-state index contributed by atoms with van der Waals surface area (Å²) in [5.74, 6) is 1.46. The number of piperidine rings is 1. The molecular formula is C10H19NO. The lowest BCUT2D eigenvalue weighted by Gasteiger charge is -2.27. The van der Waals surface area contributed by atoms with E-state index in [1.807, 2.05) is 0 Å². The Balaban J connectivity index is 1.72. The van der Waals surface area contributed by atoms with Gasteiger partial charge in [-0.25, -0.2) is 0 Å². The summed E-state index contributed by atoms with van der Waals surface area (Å²) in [7, 11) is 0. The van der Waals surface area contributed by atoms with Gasteiger partial charge in [0, 0.05) is 0 Å². The Labute approximate surface area is 74.4 Å². The first kappa shape index (κ1) is 8.52. The van der Waals surface area contributed by atoms with Crippen molar-refractivity contribution in [2.45, 2.75) is 38.2 Å². The van der Waals surface area contributed by atoms with E-state index in [0.717, 1.165) is 25.4 Å². The summed E-state index contributed by atoms with van der Waals surface area (Å²) in [6.07, 6.45) is 6.15. The molecule has 1 aliphatic heterocycles. The van der Waals surface area contributed by atoms with Gasteiger partial charge in [-0.05, 0) is 44.2 Å². The van der Waals surface area contributed by atoms with Crippen LogP contribution in [-0.4, -0.2) is 24.3 Å². The Morgan fingerprint density at radius 3 is 2.42 bits per heavy atom. The van der Waals surface area contributed by atoms with Crippen LogP contribution in [0.25, 0.3) is 0 Å². The van der Waals surface area contributed by atoms with Crippen molar-refractivity contribution >= 4 is 0 Å². The molecule has 0 aromatic carbocycles. The maximum atomic E-state index is 9.86. The highest BCUT2D eigenvalue weighted by Gasteiger charge is 2.29. The fraction of sp³-hybridized carbons (Fsp3) is 1.00. The summed E-state index contributed by atoms with van der Waals surface area (Å²) in [5, 5.41) is 13.2. The smallest absolute Gasteiger partial charge is 0.0572 e. The van der Waals surface area contributed by atoms with E-state index in [9.17, 15) is 5.11 Å². The summed E-state index contributed by atoms with van der Waals surface area (Å²) < 4.78 is 0. The molecule has 1 saturated heterocycles. The molecular weight excluding hydrogens is 150 g/mol. The van der Waals surface area contributed by atoms with Crippen molar-refractivity contribution in [3.05, 3.63) is 0 Å². The zero-order valence-corrected chi connectivity index (χ0v) is 7.63. The molecule has 2 rings (SSSR count). The average Bonchev–Trinajstić information content (AvgIpc) is 2.90. The molecule has 0 radical (unpaired) electrons. The van der Waals surface area contributed by atoms with Crippen LogP contribution in [0.15, 0.2) is 0 Å². The molecule has 1 heterocycles. The van der Waals surface area contributed by atoms with Crippen LogP contribution in [0.1, 0.15) is 32.1 Å². The van der Waals surface area contributed by atoms with Gasteiger partial charge >= 0.3 is 0 Å². The second-order valence-electron chi connectivity index (χ2n) is 4.33. The first-order valence-electron chi connectivity index (χ1n) is 5.25. The van der Waals surface area contributed by atoms with E-state index in [0.29, 0.717) is 5.92 Å². The Kier molecular flexibility index (Phi) is 2.66. The average molecular weight is 169 g/mol. The number of hydrogen-bond acceptors (Lipinski definition) is 2. The molecule has 0 amide bonds. The Hall–Kier alpha value is -0.0800. The largest absolute Gasteiger partial charge is 0.393 e. The number of nitrogens with one attached hydrogen (secondary N) is 1. The molecule has 1 aliphatic carbocycles. The highest BCUT2D eigenvalue weighted by Crippen LogP contribution is 2.36. The van der Waals surface area contributed by atoms with Crippen molar-refractivity contribution in [2.75, 3.05) is 13.1 Å². The van der Waals surface area contributed by atoms with E-state index in [1.165, 1.54) is 25.7 Å². The maximum Gasteiger partial charge on any atom is 0.0572 e. The van der Waals surface area contributed by atoms with Crippen molar-refractivity contribution in [1.82, 2.24) is 5.32 Å². The van der Waals surface area contributed by atoms with Gasteiger partial charge in [-0.1, -0.05) is 12.8 Å². The van der Waals surface area contributed by atoms with Crippen LogP contribution in [0.3, 0.4) is 0 Å². The molecule has 0 spiro atoms. The molecule has 0 aromatic rings. The van der Waals surface area contributed by atoms with Crippen molar-refractivity contribution in [3.63, 3.8) is 0 Å². The van der Waals surface area contributed by atoms with Crippen LogP contribution in [0.4, 0.5) is 0 Å². The van der Waals surface area contributed by atoms with E-state index in [1.54, 1.807) is 0 Å². The molecule has 2 heteroatoms. The molecule has 70 valence electrons. The van der Waals surface area contributed by atoms with Crippen LogP contribution < -0.4 is 5.32 Å². The molecule has 1 saturated carbocycles. The van der Waals surface area contributed by atoms with Crippen molar-refractivity contribution in [3.8, 4) is 0 Å². The second kappa shape index (κ2) is 3.75. The van der Waals surface area contributed by atoms with Gasteiger partial charge in [-0.15, -0.1) is 0 Å². The molecule has 0 unspecified atom stereocenters. The molecule has 2 fully saturated rings. The normalized spacial score (nSPS) is 28.8. The van der Waals surface area contributed by atoms with Gasteiger partial charge in [0.2, 0.25) is 0 Å². The van der Waals surface area contributed by atoms with Crippen molar-refractivity contribution in [1.29, 1.82) is 0 Å². The zero-order valence-electron chi connectivity index (χ0n) is 7.63. The SMILES string of the molecule is O[C@H](CC1CC1)C1CCNCC1. The van der Waals surface area contributed by atoms with Crippen molar-refractivity contribution < 1.29 is 5.11 Å². The summed E-state index contributed by atoms with van der Waals surface area (Å²) in [6.45, 7) is 2.21. The van der Waals surface area contributed by atoms with E-state index < -0.39 is 0 Å². The van der Waals surface area contributed by atoms with Gasteiger partial charge in [0.05, 0.1) is 6.10 Å². The monoisotopic (exact) mass is 169 g/mol. The summed E-state index contributed by atoms with van der Waals surface area (Å²) >= 11 is 0. The highest BCUT2D eigenvalue weighted by atomic mass is 16.3. The Bertz CT molecular complexity index is 139. The summed E-state index contributed by atoms with van der Waals surface area (Å²) in [4.78, 5) is 0. The van der Waals surface area contributed by atoms with Crippen LogP contribution in [0, 0.1) is 11.8 Å². The van der Waals surface area contributed by atoms with Gasteiger partial charge in [-0.3, -0.25) is 0 Å². The zero-order chi connectivity index (χ0) is 8.39. The molecule has 0 bridgehead atoms. The quantitative estimate of drug-likeness (QED) is 0.664. The number of aliphatic hydroxyl groups excluding tert-OH is 1. The highest BCUT2D eigenvalue weighted by molar-refractivity contribution is 4.82. The molecule has 2 nitrogen and oxygen atoms in total. The van der Waals surface area contributed by atoms with Gasteiger partial charge in [0.15, 0.2) is 0 Å². The maximum absolute atomic E-state index is 9.86. The van der Waals surface area contributed by atoms with E-state index in [-0.39, 0.29) is 6.10 Å². The Morgan fingerprint density at radius 2 is 1.83 bits per heavy atom. The lowest BCUT2D eigenvalue weighted by molar-refractivity contribution is 0.0761. The lowest BCUT2D eigenvalue weighted by Crippen LogP contribution is -2.34. The first-order valence-corrected chi connectivity index (χ1v) is 5.25. The predicted molar refractivity (Wildman–Crippen MR) is 48.9 cm³/mol. The Morgan fingerprint density at radius 1 is 1.17 bits per heavy atom. The van der Waals surface area contributed by atoms with Gasteiger partial charge in [0.1, 0.15) is 0 Å². The minimum Gasteiger partial charge on any atom is -0.393 e. The minimum absolute atomic E-state index is 0.000370. The second-order valence-corrected chi connectivity index (χ2v) is 4.33. The summed E-state index contributed by atoms with van der Waals surface area (Å²) in [5.41, 5.74) is 0. The molecule has 1 atom stereocenters. The third kappa shape index (κ3) is 2.20. The van der Waals surface area contributed by atoms with E-state index in [2.05, 4.69) is 5.32 Å². The minimum atomic E-state index is -0.000370. The van der Waals surface area contributed by atoms with Crippen molar-refractivity contribution in [2.24, 2.45) is 11.8 Å². The van der Waals surface area contributed by atoms with Gasteiger partial charge < -0.3 is 10.4 Å². The topological polar surface area (TPSA) is 32.3 Å². The van der Waals surface area contributed by atoms with E-state index in [4.69, 9.17) is 0 Å². The van der Waals surface area contributed by atoms with Crippen LogP contribution >= 0.6 is 0 Å². The van der Waals surface area contributed by atoms with Gasteiger partial charge in [0.25, 0.3) is 0 Å². The summed E-state index contributed by atoms with van der Waals surface area (Å²) in [6, 6.07) is 0. The van der Waals surface area contributed by atoms with Crippen LogP contribution in [0.2, 0.25) is 0 Å². The lowest BCUT2D eigenvalue weighted by atomic mass is 9.89. The third-order valence-corrected chi connectivity index (χ3v) is 3.20.